The summed E-state index contributed by atoms with van der Waals surface area (Å²) in [6.45, 7) is 3.82. The summed E-state index contributed by atoms with van der Waals surface area (Å²) in [5, 5.41) is 1.15. The van der Waals surface area contributed by atoms with Gasteiger partial charge in [-0.25, -0.2) is 13.0 Å². The second-order valence-electron chi connectivity index (χ2n) is 4.95. The molecule has 0 fully saturated rings. The van der Waals surface area contributed by atoms with Gasteiger partial charge in [0.25, 0.3) is 0 Å². The van der Waals surface area contributed by atoms with Crippen LogP contribution < -0.4 is 9.09 Å². The van der Waals surface area contributed by atoms with Crippen molar-refractivity contribution in [3.8, 4) is 5.75 Å². The maximum Gasteiger partial charge on any atom is 0.247 e. The highest BCUT2D eigenvalue weighted by molar-refractivity contribution is 7.80. The second kappa shape index (κ2) is 8.58. The molecule has 0 bridgehead atoms. The van der Waals surface area contributed by atoms with Gasteiger partial charge in [-0.1, -0.05) is 13.8 Å². The van der Waals surface area contributed by atoms with Crippen molar-refractivity contribution in [2.45, 2.75) is 13.8 Å². The molecule has 0 radical (unpaired) electrons. The van der Waals surface area contributed by atoms with Gasteiger partial charge in [0.1, 0.15) is 12.8 Å². The predicted octanol–water partition coefficient (Wildman–Crippen LogP) is 2.45. The van der Waals surface area contributed by atoms with Crippen LogP contribution in [0.1, 0.15) is 13.8 Å². The molecule has 0 amide bonds. The van der Waals surface area contributed by atoms with Crippen molar-refractivity contribution >= 4 is 28.7 Å². The molecule has 0 saturated carbocycles. The molecule has 0 saturated heterocycles. The van der Waals surface area contributed by atoms with Crippen molar-refractivity contribution in [1.82, 2.24) is 0 Å². The van der Waals surface area contributed by atoms with Gasteiger partial charge in [-0.15, -0.1) is 0 Å². The fourth-order valence-electron chi connectivity index (χ4n) is 1.93. The van der Waals surface area contributed by atoms with E-state index in [1.54, 1.807) is 0 Å². The van der Waals surface area contributed by atoms with E-state index in [1.165, 1.54) is 0 Å². The number of aromatic nitrogens is 1. The Morgan fingerprint density at radius 1 is 1.21 bits per heavy atom. The van der Waals surface area contributed by atoms with Gasteiger partial charge in [0, 0.05) is 23.8 Å². The first-order valence-corrected chi connectivity index (χ1v) is 10.6. The lowest BCUT2D eigenvalue weighted by Gasteiger charge is -2.16. The molecule has 24 heavy (non-hydrogen) atoms. The molecular formula is C15H22NO6PS. The van der Waals surface area contributed by atoms with Gasteiger partial charge in [0.2, 0.25) is 23.3 Å². The van der Waals surface area contributed by atoms with Gasteiger partial charge in [0.15, 0.2) is 6.20 Å². The zero-order valence-electron chi connectivity index (χ0n) is 14.1. The zero-order valence-corrected chi connectivity index (χ0v) is 15.8. The van der Waals surface area contributed by atoms with Gasteiger partial charge in [0.05, 0.1) is 13.2 Å². The van der Waals surface area contributed by atoms with Gasteiger partial charge in [-0.2, -0.15) is 0 Å². The third-order valence-corrected chi connectivity index (χ3v) is 6.29. The number of hydrogen-bond acceptors (Lipinski definition) is 6. The van der Waals surface area contributed by atoms with E-state index in [-0.39, 0.29) is 0 Å². The van der Waals surface area contributed by atoms with Gasteiger partial charge >= 0.3 is 0 Å². The fraction of sp³-hybridized carbons (Fsp3) is 0.400. The molecule has 0 N–H and O–H groups in total. The van der Waals surface area contributed by atoms with Crippen molar-refractivity contribution in [2.75, 3.05) is 19.4 Å². The average Bonchev–Trinajstić information content (AvgIpc) is 2.55. The van der Waals surface area contributed by atoms with Crippen LogP contribution in [-0.2, 0) is 26.2 Å². The molecule has 9 heteroatoms. The van der Waals surface area contributed by atoms with Crippen molar-refractivity contribution in [3.63, 3.8) is 0 Å². The van der Waals surface area contributed by atoms with E-state index < -0.39 is 17.8 Å². The Hall–Kier alpha value is -1.47. The quantitative estimate of drug-likeness (QED) is 0.345. The Morgan fingerprint density at radius 2 is 1.79 bits per heavy atom. The Kier molecular flexibility index (Phi) is 7.35. The predicted molar refractivity (Wildman–Crippen MR) is 91.1 cm³/mol. The summed E-state index contributed by atoms with van der Waals surface area (Å²) in [5.41, 5.74) is 1.08. The molecule has 2 aromatic rings. The van der Waals surface area contributed by atoms with Crippen LogP contribution in [0.3, 0.4) is 0 Å². The van der Waals surface area contributed by atoms with E-state index in [0.29, 0.717) is 18.1 Å². The maximum atomic E-state index is 12.3. The minimum absolute atomic E-state index is 0.572. The van der Waals surface area contributed by atoms with Gasteiger partial charge in [-0.05, 0) is 18.2 Å². The largest absolute Gasteiger partial charge is 0.726 e. The van der Waals surface area contributed by atoms with Crippen LogP contribution in [0.2, 0.25) is 0 Å². The van der Waals surface area contributed by atoms with Crippen molar-refractivity contribution in [3.05, 3.63) is 36.5 Å². The Morgan fingerprint density at radius 3 is 2.29 bits per heavy atom. The first-order chi connectivity index (χ1) is 11.1. The van der Waals surface area contributed by atoms with Crippen molar-refractivity contribution < 1.29 is 30.8 Å². The smallest absolute Gasteiger partial charge is 0.247 e. The second-order valence-corrected chi connectivity index (χ2v) is 9.18. The molecule has 0 atom stereocenters. The molecule has 7 nitrogen and oxygen atoms in total. The summed E-state index contributed by atoms with van der Waals surface area (Å²) < 4.78 is 51.1. The Labute approximate surface area is 142 Å². The number of fused-ring (bicyclic) bond motifs is 1. The third kappa shape index (κ3) is 6.20. The molecule has 134 valence electrons. The molecular weight excluding hydrogens is 353 g/mol. The van der Waals surface area contributed by atoms with Crippen LogP contribution in [0.4, 0.5) is 0 Å². The molecule has 1 aromatic heterocycles. The lowest BCUT2D eigenvalue weighted by Crippen LogP contribution is -2.27. The topological polar surface area (TPSA) is 96.6 Å². The molecule has 0 unspecified atom stereocenters. The molecule has 2 rings (SSSR count). The molecule has 0 aliphatic carbocycles. The highest BCUT2D eigenvalue weighted by Gasteiger charge is 2.19. The standard InChI is InChI=1S/C14H19NO2P.CH4O4S/c1-4-18(16,5-2)17-13-9-8-12-7-6-10-15(3)14(12)11-13;1-5-6(2,3)4/h6-11H,4-5H2,1-3H3;1H3,(H,2,3,4)/q+1;/p-1. The summed E-state index contributed by atoms with van der Waals surface area (Å²) in [6.07, 6.45) is 3.14. The number of hydrogen-bond donors (Lipinski definition) is 0. The Balaban J connectivity index is 0.000000413. The minimum Gasteiger partial charge on any atom is -0.726 e. The number of nitrogens with zero attached hydrogens (tertiary/aromatic N) is 1. The van der Waals surface area contributed by atoms with Crippen LogP contribution in [0, 0.1) is 0 Å². The van der Waals surface area contributed by atoms with Crippen LogP contribution in [0.25, 0.3) is 10.9 Å². The van der Waals surface area contributed by atoms with Gasteiger partial charge in [-0.3, -0.25) is 8.75 Å². The molecule has 1 aromatic carbocycles. The summed E-state index contributed by atoms with van der Waals surface area (Å²) in [6, 6.07) is 9.90. The maximum absolute atomic E-state index is 12.3. The van der Waals surface area contributed by atoms with E-state index in [2.05, 4.69) is 10.2 Å². The lowest BCUT2D eigenvalue weighted by molar-refractivity contribution is -0.644. The van der Waals surface area contributed by atoms with Crippen LogP contribution >= 0.6 is 7.37 Å². The first kappa shape index (κ1) is 20.6. The Bertz CT molecular complexity index is 829. The normalized spacial score (nSPS) is 11.7. The third-order valence-electron chi connectivity index (χ3n) is 3.41. The number of aryl methyl sites for hydroxylation is 1. The van der Waals surface area contributed by atoms with E-state index in [0.717, 1.165) is 18.0 Å². The van der Waals surface area contributed by atoms with Crippen LogP contribution in [0.15, 0.2) is 36.5 Å². The van der Waals surface area contributed by atoms with Crippen LogP contribution in [-0.4, -0.2) is 32.4 Å². The number of pyridine rings is 1. The van der Waals surface area contributed by atoms with E-state index >= 15 is 0 Å². The van der Waals surface area contributed by atoms with E-state index in [4.69, 9.17) is 4.52 Å². The van der Waals surface area contributed by atoms with Crippen molar-refractivity contribution in [2.24, 2.45) is 7.05 Å². The molecule has 0 aliphatic rings. The highest BCUT2D eigenvalue weighted by atomic mass is 32.3. The summed E-state index contributed by atoms with van der Waals surface area (Å²) in [5.74, 6) is 0.691. The summed E-state index contributed by atoms with van der Waals surface area (Å²) >= 11 is 0. The number of rotatable bonds is 5. The van der Waals surface area contributed by atoms with Gasteiger partial charge < -0.3 is 9.08 Å². The molecule has 0 spiro atoms. The molecule has 0 aliphatic heterocycles. The SMILES string of the molecule is CCP(=O)(CC)Oc1ccc2ccc[n+](C)c2c1.COS(=O)(=O)[O-]. The summed E-state index contributed by atoms with van der Waals surface area (Å²) in [4.78, 5) is 0. The first-order valence-electron chi connectivity index (χ1n) is 7.31. The van der Waals surface area contributed by atoms with Crippen LogP contribution in [0.5, 0.6) is 5.75 Å². The fourth-order valence-corrected chi connectivity index (χ4v) is 3.13. The summed E-state index contributed by atoms with van der Waals surface area (Å²) in [7, 11) is -4.12. The lowest BCUT2D eigenvalue weighted by atomic mass is 10.2. The molecule has 1 heterocycles. The zero-order chi connectivity index (χ0) is 18.4. The average molecular weight is 375 g/mol. The monoisotopic (exact) mass is 375 g/mol. The van der Waals surface area contributed by atoms with Crippen molar-refractivity contribution in [1.29, 1.82) is 0 Å². The number of benzene rings is 1. The minimum atomic E-state index is -4.41. The van der Waals surface area contributed by atoms with E-state index in [9.17, 15) is 17.5 Å². The van der Waals surface area contributed by atoms with E-state index in [1.807, 2.05) is 55.9 Å². The highest BCUT2D eigenvalue weighted by Crippen LogP contribution is 2.46.